The molecule has 2 aromatic heterocycles. The van der Waals surface area contributed by atoms with Gasteiger partial charge in [0.25, 0.3) is 0 Å². The van der Waals surface area contributed by atoms with Gasteiger partial charge in [-0.3, -0.25) is 9.20 Å². The standard InChI is InChI=1S/C25H22N4OS/c1-17(18-9-3-2-4-10-18)15-26-23(30)16-31-25-28-20-12-6-5-11-19(20)24-27-21-13-7-8-14-22(21)29(24)25/h2-14,17H,15-16H2,1H3,(H,26,30). The largest absolute Gasteiger partial charge is 0.355 e. The van der Waals surface area contributed by atoms with Crippen molar-refractivity contribution in [2.24, 2.45) is 0 Å². The van der Waals surface area contributed by atoms with Gasteiger partial charge in [0, 0.05) is 11.9 Å². The fraction of sp³-hybridized carbons (Fsp3) is 0.160. The number of benzene rings is 3. The zero-order valence-electron chi connectivity index (χ0n) is 17.2. The molecule has 0 aliphatic heterocycles. The average molecular weight is 427 g/mol. The smallest absolute Gasteiger partial charge is 0.230 e. The van der Waals surface area contributed by atoms with Gasteiger partial charge in [0.15, 0.2) is 5.16 Å². The summed E-state index contributed by atoms with van der Waals surface area (Å²) in [5.41, 5.74) is 4.89. The molecule has 6 heteroatoms. The van der Waals surface area contributed by atoms with E-state index in [1.807, 2.05) is 66.7 Å². The van der Waals surface area contributed by atoms with Gasteiger partial charge in [-0.1, -0.05) is 73.3 Å². The number of rotatable bonds is 6. The van der Waals surface area contributed by atoms with Crippen LogP contribution in [0.5, 0.6) is 0 Å². The Bertz CT molecular complexity index is 1380. The molecule has 0 aliphatic rings. The van der Waals surface area contributed by atoms with Crippen LogP contribution in [0.1, 0.15) is 18.4 Å². The van der Waals surface area contributed by atoms with E-state index in [1.165, 1.54) is 17.3 Å². The highest BCUT2D eigenvalue weighted by atomic mass is 32.2. The first-order chi connectivity index (χ1) is 15.2. The minimum Gasteiger partial charge on any atom is -0.355 e. The number of hydrogen-bond donors (Lipinski definition) is 1. The lowest BCUT2D eigenvalue weighted by Gasteiger charge is -2.13. The van der Waals surface area contributed by atoms with Crippen LogP contribution in [0, 0.1) is 0 Å². The summed E-state index contributed by atoms with van der Waals surface area (Å²) in [6.07, 6.45) is 0. The molecular formula is C25H22N4OS. The van der Waals surface area contributed by atoms with E-state index in [0.717, 1.165) is 32.7 Å². The van der Waals surface area contributed by atoms with E-state index in [0.29, 0.717) is 12.3 Å². The number of aromatic nitrogens is 3. The third kappa shape index (κ3) is 3.86. The van der Waals surface area contributed by atoms with E-state index in [1.54, 1.807) is 0 Å². The first kappa shape index (κ1) is 19.6. The second kappa shape index (κ2) is 8.40. The molecule has 0 fully saturated rings. The average Bonchev–Trinajstić information content (AvgIpc) is 3.22. The molecule has 2 heterocycles. The van der Waals surface area contributed by atoms with Crippen molar-refractivity contribution in [3.8, 4) is 0 Å². The minimum absolute atomic E-state index is 0.000288. The van der Waals surface area contributed by atoms with E-state index in [9.17, 15) is 4.79 Å². The van der Waals surface area contributed by atoms with Gasteiger partial charge in [0.05, 0.1) is 22.3 Å². The Hall–Kier alpha value is -3.38. The van der Waals surface area contributed by atoms with Crippen molar-refractivity contribution in [2.75, 3.05) is 12.3 Å². The van der Waals surface area contributed by atoms with Gasteiger partial charge >= 0.3 is 0 Å². The maximum Gasteiger partial charge on any atom is 0.230 e. The Morgan fingerprint density at radius 3 is 2.48 bits per heavy atom. The maximum absolute atomic E-state index is 12.6. The van der Waals surface area contributed by atoms with Gasteiger partial charge in [-0.25, -0.2) is 9.97 Å². The summed E-state index contributed by atoms with van der Waals surface area (Å²) >= 11 is 1.44. The number of imidazole rings is 1. The number of nitrogens with one attached hydrogen (secondary N) is 1. The van der Waals surface area contributed by atoms with Gasteiger partial charge in [0.2, 0.25) is 5.91 Å². The van der Waals surface area contributed by atoms with E-state index >= 15 is 0 Å². The number of fused-ring (bicyclic) bond motifs is 5. The van der Waals surface area contributed by atoms with Crippen LogP contribution >= 0.6 is 11.8 Å². The topological polar surface area (TPSA) is 59.3 Å². The summed E-state index contributed by atoms with van der Waals surface area (Å²) in [6, 6.07) is 26.2. The van der Waals surface area contributed by atoms with Crippen molar-refractivity contribution in [2.45, 2.75) is 18.0 Å². The SMILES string of the molecule is CC(CNC(=O)CSc1nc2ccccc2c2nc3ccccc3n12)c1ccccc1. The molecule has 0 spiro atoms. The van der Waals surface area contributed by atoms with Crippen LogP contribution in [0.2, 0.25) is 0 Å². The van der Waals surface area contributed by atoms with Crippen molar-refractivity contribution in [3.63, 3.8) is 0 Å². The second-order valence-corrected chi connectivity index (χ2v) is 8.52. The normalized spacial score (nSPS) is 12.4. The molecule has 1 atom stereocenters. The molecule has 0 bridgehead atoms. The first-order valence-corrected chi connectivity index (χ1v) is 11.3. The molecular weight excluding hydrogens is 404 g/mol. The second-order valence-electron chi connectivity index (χ2n) is 7.58. The van der Waals surface area contributed by atoms with Crippen molar-refractivity contribution in [3.05, 3.63) is 84.4 Å². The predicted molar refractivity (Wildman–Crippen MR) is 127 cm³/mol. The van der Waals surface area contributed by atoms with E-state index in [4.69, 9.17) is 9.97 Å². The Kier molecular flexibility index (Phi) is 5.30. The predicted octanol–water partition coefficient (Wildman–Crippen LogP) is 5.05. The molecule has 31 heavy (non-hydrogen) atoms. The molecule has 1 unspecified atom stereocenters. The zero-order valence-corrected chi connectivity index (χ0v) is 18.0. The summed E-state index contributed by atoms with van der Waals surface area (Å²) in [5, 5.41) is 4.83. The number of amides is 1. The van der Waals surface area contributed by atoms with Crippen molar-refractivity contribution < 1.29 is 4.79 Å². The van der Waals surface area contributed by atoms with Crippen LogP contribution in [0.25, 0.3) is 27.6 Å². The Balaban J connectivity index is 1.39. The lowest BCUT2D eigenvalue weighted by Crippen LogP contribution is -2.29. The minimum atomic E-state index is 0.000288. The molecule has 5 nitrogen and oxygen atoms in total. The van der Waals surface area contributed by atoms with Crippen LogP contribution in [0.4, 0.5) is 0 Å². The summed E-state index contributed by atoms with van der Waals surface area (Å²) in [6.45, 7) is 2.73. The number of carbonyl (C=O) groups excluding carboxylic acids is 1. The van der Waals surface area contributed by atoms with E-state index in [-0.39, 0.29) is 11.8 Å². The third-order valence-corrected chi connectivity index (χ3v) is 6.36. The molecule has 0 aliphatic carbocycles. The number of carbonyl (C=O) groups is 1. The highest BCUT2D eigenvalue weighted by Gasteiger charge is 2.15. The molecule has 154 valence electrons. The van der Waals surface area contributed by atoms with Crippen LogP contribution in [0.15, 0.2) is 84.0 Å². The number of hydrogen-bond acceptors (Lipinski definition) is 4. The quantitative estimate of drug-likeness (QED) is 0.305. The monoisotopic (exact) mass is 426 g/mol. The zero-order chi connectivity index (χ0) is 21.2. The number of thioether (sulfide) groups is 1. The van der Waals surface area contributed by atoms with Gasteiger partial charge in [-0.15, -0.1) is 0 Å². The molecule has 1 N–H and O–H groups in total. The molecule has 5 aromatic rings. The van der Waals surface area contributed by atoms with Crippen LogP contribution in [-0.2, 0) is 4.79 Å². The molecule has 3 aromatic carbocycles. The summed E-state index contributed by atoms with van der Waals surface area (Å²) in [5.74, 6) is 0.563. The fourth-order valence-corrected chi connectivity index (χ4v) is 4.60. The number of para-hydroxylation sites is 3. The van der Waals surface area contributed by atoms with Gasteiger partial charge in [-0.05, 0) is 35.7 Å². The van der Waals surface area contributed by atoms with E-state index < -0.39 is 0 Å². The molecule has 5 rings (SSSR count). The van der Waals surface area contributed by atoms with Crippen molar-refractivity contribution in [1.82, 2.24) is 19.7 Å². The fourth-order valence-electron chi connectivity index (χ4n) is 3.76. The molecule has 0 saturated carbocycles. The highest BCUT2D eigenvalue weighted by molar-refractivity contribution is 7.99. The molecule has 0 radical (unpaired) electrons. The van der Waals surface area contributed by atoms with Crippen LogP contribution in [0.3, 0.4) is 0 Å². The van der Waals surface area contributed by atoms with Gasteiger partial charge < -0.3 is 5.32 Å². The molecule has 0 saturated heterocycles. The molecule has 1 amide bonds. The lowest BCUT2D eigenvalue weighted by molar-refractivity contribution is -0.118. The summed E-state index contributed by atoms with van der Waals surface area (Å²) in [7, 11) is 0. The summed E-state index contributed by atoms with van der Waals surface area (Å²) < 4.78 is 2.06. The van der Waals surface area contributed by atoms with Gasteiger partial charge in [0.1, 0.15) is 5.65 Å². The van der Waals surface area contributed by atoms with Crippen molar-refractivity contribution in [1.29, 1.82) is 0 Å². The van der Waals surface area contributed by atoms with Gasteiger partial charge in [-0.2, -0.15) is 0 Å². The highest BCUT2D eigenvalue weighted by Crippen LogP contribution is 2.28. The van der Waals surface area contributed by atoms with Crippen LogP contribution in [-0.4, -0.2) is 32.6 Å². The van der Waals surface area contributed by atoms with Crippen LogP contribution < -0.4 is 5.32 Å². The Morgan fingerprint density at radius 1 is 0.935 bits per heavy atom. The third-order valence-electron chi connectivity index (χ3n) is 5.42. The number of nitrogens with zero attached hydrogens (tertiary/aromatic N) is 3. The van der Waals surface area contributed by atoms with Crippen molar-refractivity contribution >= 4 is 45.3 Å². The maximum atomic E-state index is 12.6. The Morgan fingerprint density at radius 2 is 1.65 bits per heavy atom. The lowest BCUT2D eigenvalue weighted by atomic mass is 10.0. The first-order valence-electron chi connectivity index (χ1n) is 10.3. The van der Waals surface area contributed by atoms with E-state index in [2.05, 4.69) is 28.8 Å². The summed E-state index contributed by atoms with van der Waals surface area (Å²) in [4.78, 5) is 22.2. The Labute approximate surface area is 184 Å².